The van der Waals surface area contributed by atoms with Crippen LogP contribution >= 0.6 is 0 Å². The van der Waals surface area contributed by atoms with Crippen LogP contribution in [-0.4, -0.2) is 15.0 Å². The number of fused-ring (bicyclic) bond motifs is 5. The maximum absolute atomic E-state index is 6.18. The molecule has 0 fully saturated rings. The molecule has 0 amide bonds. The number of hydrogen-bond donors (Lipinski definition) is 0. The van der Waals surface area contributed by atoms with Crippen molar-refractivity contribution in [1.82, 2.24) is 15.0 Å². The number of hydrogen-bond acceptors (Lipinski definition) is 4. The minimum Gasteiger partial charge on any atom is -0.456 e. The topological polar surface area (TPSA) is 51.8 Å². The van der Waals surface area contributed by atoms with Gasteiger partial charge in [-0.2, -0.15) is 0 Å². The Morgan fingerprint density at radius 2 is 0.754 bits per heavy atom. The molecular weight excluding hydrogens is 791 g/mol. The van der Waals surface area contributed by atoms with Crippen LogP contribution in [0.15, 0.2) is 217 Å². The summed E-state index contributed by atoms with van der Waals surface area (Å²) in [5, 5.41) is 17.4. The summed E-state index contributed by atoms with van der Waals surface area (Å²) in [6.45, 7) is 0. The van der Waals surface area contributed by atoms with Gasteiger partial charge in [-0.25, -0.2) is 15.0 Å². The summed E-state index contributed by atoms with van der Waals surface area (Å²) >= 11 is 0. The second-order valence-corrected chi connectivity index (χ2v) is 17.1. The van der Waals surface area contributed by atoms with E-state index in [-0.39, 0.29) is 0 Å². The molecule has 2 heterocycles. The summed E-state index contributed by atoms with van der Waals surface area (Å²) in [6.07, 6.45) is 0. The van der Waals surface area contributed by atoms with Crippen LogP contribution in [0.2, 0.25) is 0 Å². The highest BCUT2D eigenvalue weighted by Crippen LogP contribution is 2.45. The fraction of sp³-hybridized carbons (Fsp3) is 0. The molecule has 14 rings (SSSR count). The van der Waals surface area contributed by atoms with E-state index in [2.05, 4.69) is 164 Å². The van der Waals surface area contributed by atoms with E-state index in [9.17, 15) is 0 Å². The molecule has 0 unspecified atom stereocenters. The molecule has 0 aliphatic rings. The molecule has 0 saturated heterocycles. The van der Waals surface area contributed by atoms with Crippen LogP contribution in [-0.2, 0) is 0 Å². The quantitative estimate of drug-likeness (QED) is 0.162. The van der Waals surface area contributed by atoms with Gasteiger partial charge >= 0.3 is 0 Å². The first-order chi connectivity index (χ1) is 32.2. The molecule has 12 aromatic carbocycles. The molecule has 0 aliphatic heterocycles. The van der Waals surface area contributed by atoms with Gasteiger partial charge in [-0.05, 0) is 129 Å². The van der Waals surface area contributed by atoms with E-state index in [0.717, 1.165) is 60.9 Å². The summed E-state index contributed by atoms with van der Waals surface area (Å²) < 4.78 is 6.18. The monoisotopic (exact) mass is 825 g/mol. The maximum atomic E-state index is 6.18. The molecule has 0 aliphatic carbocycles. The molecule has 4 heteroatoms. The third-order valence-electron chi connectivity index (χ3n) is 13.4. The Morgan fingerprint density at radius 1 is 0.246 bits per heavy atom. The smallest absolute Gasteiger partial charge is 0.164 e. The third-order valence-corrected chi connectivity index (χ3v) is 13.4. The Hall–Kier alpha value is -8.73. The molecule has 4 nitrogen and oxygen atoms in total. The second-order valence-electron chi connectivity index (χ2n) is 17.1. The lowest BCUT2D eigenvalue weighted by Crippen LogP contribution is -2.01. The highest BCUT2D eigenvalue weighted by atomic mass is 16.3. The average Bonchev–Trinajstić information content (AvgIpc) is 3.75. The van der Waals surface area contributed by atoms with E-state index in [1.165, 1.54) is 64.6 Å². The number of aromatic nitrogens is 3. The van der Waals surface area contributed by atoms with Gasteiger partial charge in [-0.15, -0.1) is 0 Å². The summed E-state index contributed by atoms with van der Waals surface area (Å²) in [6, 6.07) is 76.1. The average molecular weight is 826 g/mol. The fourth-order valence-electron chi connectivity index (χ4n) is 10.5. The Morgan fingerprint density at radius 3 is 1.49 bits per heavy atom. The van der Waals surface area contributed by atoms with Crippen molar-refractivity contribution >= 4 is 86.6 Å². The van der Waals surface area contributed by atoms with Gasteiger partial charge in [0.15, 0.2) is 17.5 Å². The number of rotatable bonds is 5. The molecule has 300 valence electrons. The molecule has 0 spiro atoms. The van der Waals surface area contributed by atoms with Crippen molar-refractivity contribution in [2.24, 2.45) is 0 Å². The zero-order valence-corrected chi connectivity index (χ0v) is 35.0. The zero-order valence-electron chi connectivity index (χ0n) is 35.0. The molecule has 0 atom stereocenters. The minimum atomic E-state index is 0.602. The van der Waals surface area contributed by atoms with E-state index in [0.29, 0.717) is 17.5 Å². The Labute approximate surface area is 373 Å². The lowest BCUT2D eigenvalue weighted by Gasteiger charge is -2.17. The second kappa shape index (κ2) is 13.9. The lowest BCUT2D eigenvalue weighted by atomic mass is 9.86. The van der Waals surface area contributed by atoms with E-state index < -0.39 is 0 Å². The van der Waals surface area contributed by atoms with Gasteiger partial charge in [0.05, 0.1) is 0 Å². The van der Waals surface area contributed by atoms with Crippen molar-refractivity contribution < 1.29 is 4.42 Å². The van der Waals surface area contributed by atoms with E-state index in [4.69, 9.17) is 19.4 Å². The van der Waals surface area contributed by atoms with Crippen molar-refractivity contribution in [2.45, 2.75) is 0 Å². The van der Waals surface area contributed by atoms with E-state index in [1.54, 1.807) is 0 Å². The summed E-state index contributed by atoms with van der Waals surface area (Å²) in [4.78, 5) is 15.5. The van der Waals surface area contributed by atoms with Gasteiger partial charge in [0, 0.05) is 27.5 Å². The molecular formula is C61H35N3O. The van der Waals surface area contributed by atoms with Gasteiger partial charge in [0.25, 0.3) is 0 Å². The Bertz CT molecular complexity index is 4240. The Kier molecular flexibility index (Phi) is 7.65. The molecule has 2 aromatic heterocycles. The van der Waals surface area contributed by atoms with E-state index in [1.807, 2.05) is 48.5 Å². The highest BCUT2D eigenvalue weighted by Gasteiger charge is 2.19. The fourth-order valence-corrected chi connectivity index (χ4v) is 10.5. The normalized spacial score (nSPS) is 12.0. The molecule has 0 N–H and O–H groups in total. The zero-order chi connectivity index (χ0) is 42.6. The van der Waals surface area contributed by atoms with Crippen LogP contribution in [0.1, 0.15) is 0 Å². The number of nitrogens with zero attached hydrogens (tertiary/aromatic N) is 3. The van der Waals surface area contributed by atoms with Crippen molar-refractivity contribution in [3.63, 3.8) is 0 Å². The van der Waals surface area contributed by atoms with E-state index >= 15 is 0 Å². The molecule has 14 aromatic rings. The van der Waals surface area contributed by atoms with Crippen LogP contribution in [0.25, 0.3) is 143 Å². The van der Waals surface area contributed by atoms with Crippen LogP contribution in [0.3, 0.4) is 0 Å². The number of furan rings is 1. The first-order valence-corrected chi connectivity index (χ1v) is 22.1. The van der Waals surface area contributed by atoms with Crippen molar-refractivity contribution in [3.05, 3.63) is 212 Å². The van der Waals surface area contributed by atoms with Gasteiger partial charge < -0.3 is 4.42 Å². The molecule has 0 saturated carbocycles. The summed E-state index contributed by atoms with van der Waals surface area (Å²) in [5.41, 5.74) is 8.86. The standard InChI is InChI=1S/C61H35N3O/c1-2-12-39(13-3-1)59-62-60(43-30-31-54-51(34-43)46-20-6-7-25-53(46)65-54)64-61(63-59)50-21-5-4-19-45(50)41-18-8-17-40(32-41)44-33-42-29-28-38-15-10-23-48-47-22-9-14-36-26-27-37-16-11-24-49(57(37)55(36)47)52(35-44)58(42)56(38)48/h1-35H. The van der Waals surface area contributed by atoms with Gasteiger partial charge in [-0.1, -0.05) is 170 Å². The predicted molar refractivity (Wildman–Crippen MR) is 271 cm³/mol. The van der Waals surface area contributed by atoms with Crippen LogP contribution < -0.4 is 0 Å². The third kappa shape index (κ3) is 5.54. The first kappa shape index (κ1) is 35.8. The molecule has 0 bridgehead atoms. The predicted octanol–water partition coefficient (Wildman–Crippen LogP) is 16.5. The highest BCUT2D eigenvalue weighted by molar-refractivity contribution is 6.37. The van der Waals surface area contributed by atoms with Gasteiger partial charge in [-0.3, -0.25) is 0 Å². The van der Waals surface area contributed by atoms with Crippen LogP contribution in [0.5, 0.6) is 0 Å². The molecule has 65 heavy (non-hydrogen) atoms. The molecule has 0 radical (unpaired) electrons. The number of benzene rings is 11. The largest absolute Gasteiger partial charge is 0.456 e. The Balaban J connectivity index is 0.968. The minimum absolute atomic E-state index is 0.602. The van der Waals surface area contributed by atoms with Gasteiger partial charge in [0.1, 0.15) is 11.2 Å². The summed E-state index contributed by atoms with van der Waals surface area (Å²) in [7, 11) is 0. The number of para-hydroxylation sites is 1. The van der Waals surface area contributed by atoms with Crippen LogP contribution in [0, 0.1) is 0 Å². The van der Waals surface area contributed by atoms with Crippen molar-refractivity contribution in [2.75, 3.05) is 0 Å². The SMILES string of the molecule is c1ccc(-c2nc(-c3ccc4oc5ccccc5c4c3)nc(-c3ccccc3-c3cccc(-c4cc5ccc6cccc7c8cccc9ccc%10cccc(c(c4)c5c67)c%10c98)c3)n2)cc1. The van der Waals surface area contributed by atoms with Gasteiger partial charge in [0.2, 0.25) is 0 Å². The van der Waals surface area contributed by atoms with Crippen molar-refractivity contribution in [3.8, 4) is 56.4 Å². The maximum Gasteiger partial charge on any atom is 0.164 e. The summed E-state index contributed by atoms with van der Waals surface area (Å²) in [5.74, 6) is 1.83. The first-order valence-electron chi connectivity index (χ1n) is 22.1. The lowest BCUT2D eigenvalue weighted by molar-refractivity contribution is 0.669. The van der Waals surface area contributed by atoms with Crippen molar-refractivity contribution in [1.29, 1.82) is 0 Å². The van der Waals surface area contributed by atoms with Crippen LogP contribution in [0.4, 0.5) is 0 Å².